The van der Waals surface area contributed by atoms with Crippen molar-refractivity contribution in [3.8, 4) is 5.75 Å². The number of Topliss-reactive ketones (excluding diaryl/α,β-unsaturated/α-hetero) is 1. The number of carbonyl (C=O) groups is 3. The van der Waals surface area contributed by atoms with Crippen molar-refractivity contribution in [1.29, 1.82) is 0 Å². The van der Waals surface area contributed by atoms with Crippen molar-refractivity contribution in [3.05, 3.63) is 86.5 Å². The van der Waals surface area contributed by atoms with Gasteiger partial charge in [-0.3, -0.25) is 9.59 Å². The molecule has 1 atom stereocenters. The SMILES string of the molecule is COC1=NC(C)=C(C(=O)C(=O)N=[N+]=[N-])C(c2ccc(F)cc2)N1C(=O)Oc1ccc(N=O)cc1. The second-order valence-electron chi connectivity index (χ2n) is 6.70. The van der Waals surface area contributed by atoms with Gasteiger partial charge in [-0.2, -0.15) is 0 Å². The molecule has 0 spiro atoms. The average molecular weight is 466 g/mol. The van der Waals surface area contributed by atoms with Gasteiger partial charge >= 0.3 is 12.1 Å². The van der Waals surface area contributed by atoms with Gasteiger partial charge in [-0.25, -0.2) is 19.1 Å². The monoisotopic (exact) mass is 466 g/mol. The third-order valence-corrected chi connectivity index (χ3v) is 4.68. The van der Waals surface area contributed by atoms with Gasteiger partial charge in [-0.1, -0.05) is 12.1 Å². The molecule has 3 rings (SSSR count). The minimum Gasteiger partial charge on any atom is -0.468 e. The smallest absolute Gasteiger partial charge is 0.424 e. The van der Waals surface area contributed by atoms with Gasteiger partial charge in [-0.05, 0) is 64.7 Å². The maximum Gasteiger partial charge on any atom is 0.424 e. The first-order chi connectivity index (χ1) is 16.3. The zero-order valence-corrected chi connectivity index (χ0v) is 17.7. The highest BCUT2D eigenvalue weighted by Crippen LogP contribution is 2.37. The molecule has 1 aliphatic heterocycles. The highest BCUT2D eigenvalue weighted by atomic mass is 19.1. The van der Waals surface area contributed by atoms with Crippen molar-refractivity contribution in [1.82, 2.24) is 4.90 Å². The molecule has 172 valence electrons. The van der Waals surface area contributed by atoms with Crippen LogP contribution < -0.4 is 4.74 Å². The number of methoxy groups -OCH3 is 1. The largest absolute Gasteiger partial charge is 0.468 e. The van der Waals surface area contributed by atoms with Gasteiger partial charge in [0.1, 0.15) is 23.3 Å². The van der Waals surface area contributed by atoms with Crippen molar-refractivity contribution in [2.75, 3.05) is 7.11 Å². The molecule has 0 aromatic heterocycles. The fourth-order valence-corrected chi connectivity index (χ4v) is 3.20. The van der Waals surface area contributed by atoms with Crippen LogP contribution in [0.2, 0.25) is 0 Å². The highest BCUT2D eigenvalue weighted by molar-refractivity contribution is 6.43. The van der Waals surface area contributed by atoms with E-state index in [4.69, 9.17) is 15.0 Å². The Morgan fingerprint density at radius 1 is 1.12 bits per heavy atom. The van der Waals surface area contributed by atoms with Crippen molar-refractivity contribution in [2.45, 2.75) is 13.0 Å². The van der Waals surface area contributed by atoms with Crippen LogP contribution in [0.25, 0.3) is 10.4 Å². The normalized spacial score (nSPS) is 15.1. The molecule has 2 aromatic carbocycles. The molecule has 12 nitrogen and oxygen atoms in total. The van der Waals surface area contributed by atoms with Gasteiger partial charge in [0.2, 0.25) is 5.78 Å². The quantitative estimate of drug-likeness (QED) is 0.207. The second-order valence-corrected chi connectivity index (χ2v) is 6.70. The van der Waals surface area contributed by atoms with E-state index in [2.05, 4.69) is 20.2 Å². The van der Waals surface area contributed by atoms with Crippen molar-refractivity contribution in [3.63, 3.8) is 0 Å². The average Bonchev–Trinajstić information content (AvgIpc) is 2.84. The van der Waals surface area contributed by atoms with E-state index in [9.17, 15) is 23.7 Å². The molecule has 13 heteroatoms. The third kappa shape index (κ3) is 4.79. The molecule has 0 aliphatic carbocycles. The second kappa shape index (κ2) is 10.1. The van der Waals surface area contributed by atoms with Crippen LogP contribution in [0.5, 0.6) is 5.75 Å². The Morgan fingerprint density at radius 3 is 2.32 bits per heavy atom. The van der Waals surface area contributed by atoms with Crippen LogP contribution in [0.1, 0.15) is 18.5 Å². The van der Waals surface area contributed by atoms with Crippen molar-refractivity contribution < 1.29 is 28.2 Å². The van der Waals surface area contributed by atoms with Gasteiger partial charge in [-0.15, -0.1) is 4.91 Å². The maximum atomic E-state index is 13.6. The lowest BCUT2D eigenvalue weighted by Crippen LogP contribution is -2.46. The molecule has 0 radical (unpaired) electrons. The van der Waals surface area contributed by atoms with Crippen LogP contribution in [0.3, 0.4) is 0 Å². The molecule has 34 heavy (non-hydrogen) atoms. The van der Waals surface area contributed by atoms with E-state index >= 15 is 0 Å². The highest BCUT2D eigenvalue weighted by Gasteiger charge is 2.42. The molecule has 1 aliphatic rings. The van der Waals surface area contributed by atoms with Gasteiger partial charge in [0.25, 0.3) is 5.91 Å². The van der Waals surface area contributed by atoms with Crippen LogP contribution in [-0.2, 0) is 14.3 Å². The number of halogens is 1. The summed E-state index contributed by atoms with van der Waals surface area (Å²) in [5.41, 5.74) is 8.56. The molecule has 1 unspecified atom stereocenters. The Morgan fingerprint density at radius 2 is 1.76 bits per heavy atom. The molecule has 2 aromatic rings. The molecule has 0 bridgehead atoms. The molecular weight excluding hydrogens is 451 g/mol. The number of ketones is 1. The molecule has 0 saturated heterocycles. The van der Waals surface area contributed by atoms with E-state index in [0.29, 0.717) is 0 Å². The first-order valence-electron chi connectivity index (χ1n) is 9.47. The number of ether oxygens (including phenoxy) is 2. The van der Waals surface area contributed by atoms with E-state index < -0.39 is 29.6 Å². The summed E-state index contributed by atoms with van der Waals surface area (Å²) < 4.78 is 24.1. The molecule has 2 amide bonds. The molecule has 0 saturated carbocycles. The number of amides is 2. The summed E-state index contributed by atoms with van der Waals surface area (Å²) in [4.78, 5) is 56.0. The van der Waals surface area contributed by atoms with E-state index in [1.165, 1.54) is 50.4 Å². The number of nitroso groups, excluding NO2 is 1. The number of azide groups is 1. The zero-order valence-electron chi connectivity index (χ0n) is 17.7. The number of hydrogen-bond acceptors (Lipinski definition) is 8. The Kier molecular flexibility index (Phi) is 7.09. The number of hydrogen-bond donors (Lipinski definition) is 0. The molecule has 1 heterocycles. The summed E-state index contributed by atoms with van der Waals surface area (Å²) in [6.07, 6.45) is -1.07. The first kappa shape index (κ1) is 23.8. The number of allylic oxidation sites excluding steroid dienone is 1. The summed E-state index contributed by atoms with van der Waals surface area (Å²) in [7, 11) is 1.22. The number of nitrogens with zero attached hydrogens (tertiary/aromatic N) is 6. The van der Waals surface area contributed by atoms with Gasteiger partial charge in [0, 0.05) is 4.91 Å². The van der Waals surface area contributed by atoms with Crippen LogP contribution in [0, 0.1) is 10.7 Å². The number of rotatable bonds is 5. The standard InChI is InChI=1S/C21H15FN6O6/c1-11-16(18(29)19(30)25-27-23)17(12-3-5-13(22)6-4-12)28(20(24-11)33-2)21(31)34-15-9-7-14(26-32)8-10-15/h3-10,17H,1-2H3. The summed E-state index contributed by atoms with van der Waals surface area (Å²) >= 11 is 0. The Balaban J connectivity index is 2.13. The van der Waals surface area contributed by atoms with Crippen LogP contribution in [0.4, 0.5) is 14.9 Å². The van der Waals surface area contributed by atoms with Crippen LogP contribution >= 0.6 is 0 Å². The summed E-state index contributed by atoms with van der Waals surface area (Å²) in [5.74, 6) is -3.21. The Hall–Kier alpha value is -4.90. The van der Waals surface area contributed by atoms with E-state index in [0.717, 1.165) is 17.0 Å². The van der Waals surface area contributed by atoms with Gasteiger partial charge < -0.3 is 9.47 Å². The predicted octanol–water partition coefficient (Wildman–Crippen LogP) is 4.46. The summed E-state index contributed by atoms with van der Waals surface area (Å²) in [6.45, 7) is 1.39. The number of carbonyl (C=O) groups excluding carboxylic acids is 3. The summed E-state index contributed by atoms with van der Waals surface area (Å²) in [6, 6.07) is 8.39. The van der Waals surface area contributed by atoms with E-state index in [-0.39, 0.29) is 34.3 Å². The maximum absolute atomic E-state index is 13.6. The zero-order chi connectivity index (χ0) is 24.8. The van der Waals surface area contributed by atoms with Crippen molar-refractivity contribution >= 4 is 29.5 Å². The molecular formula is C21H15FN6O6. The summed E-state index contributed by atoms with van der Waals surface area (Å²) in [5, 5.41) is 5.57. The lowest BCUT2D eigenvalue weighted by atomic mass is 9.91. The molecule has 0 fully saturated rings. The lowest BCUT2D eigenvalue weighted by Gasteiger charge is -2.35. The fraction of sp³-hybridized carbons (Fsp3) is 0.143. The number of amidine groups is 1. The number of aliphatic imine (C=N–C) groups is 1. The Bertz CT molecular complexity index is 1270. The first-order valence-corrected chi connectivity index (χ1v) is 9.47. The predicted molar refractivity (Wildman–Crippen MR) is 115 cm³/mol. The van der Waals surface area contributed by atoms with E-state index in [1.54, 1.807) is 0 Å². The lowest BCUT2D eigenvalue weighted by molar-refractivity contribution is -0.134. The minimum atomic E-state index is -1.43. The fourth-order valence-electron chi connectivity index (χ4n) is 3.20. The number of benzene rings is 2. The van der Waals surface area contributed by atoms with E-state index in [1.807, 2.05) is 0 Å². The van der Waals surface area contributed by atoms with Crippen LogP contribution in [-0.4, -0.2) is 35.8 Å². The topological polar surface area (TPSA) is 163 Å². The Labute approximate surface area is 190 Å². The van der Waals surface area contributed by atoms with Gasteiger partial charge in [0.05, 0.1) is 18.4 Å². The molecule has 0 N–H and O–H groups in total. The third-order valence-electron chi connectivity index (χ3n) is 4.68. The van der Waals surface area contributed by atoms with Gasteiger partial charge in [0.15, 0.2) is 0 Å². The van der Waals surface area contributed by atoms with Crippen molar-refractivity contribution in [2.24, 2.45) is 15.3 Å². The van der Waals surface area contributed by atoms with Crippen LogP contribution in [0.15, 0.2) is 75.1 Å². The minimum absolute atomic E-state index is 0.00289.